The normalized spacial score (nSPS) is 29.8. The van der Waals surface area contributed by atoms with E-state index in [4.69, 9.17) is 16.3 Å². The molecule has 0 bridgehead atoms. The van der Waals surface area contributed by atoms with Crippen molar-refractivity contribution < 1.29 is 24.2 Å². The average Bonchev–Trinajstić information content (AvgIpc) is 3.24. The van der Waals surface area contributed by atoms with Crippen molar-refractivity contribution in [2.24, 2.45) is 11.8 Å². The van der Waals surface area contributed by atoms with Gasteiger partial charge in [0.2, 0.25) is 11.8 Å². The Bertz CT molecular complexity index is 1490. The second kappa shape index (κ2) is 11.3. The van der Waals surface area contributed by atoms with Gasteiger partial charge in [0.05, 0.1) is 33.9 Å². The number of amides is 3. The highest BCUT2D eigenvalue weighted by Gasteiger charge is 2.74. The third kappa shape index (κ3) is 4.67. The first-order chi connectivity index (χ1) is 20.7. The number of likely N-dealkylation sites (tertiary alicyclic amines) is 1. The van der Waals surface area contributed by atoms with Crippen LogP contribution >= 0.6 is 23.4 Å². The van der Waals surface area contributed by atoms with Crippen LogP contribution in [0.25, 0.3) is 0 Å². The summed E-state index contributed by atoms with van der Waals surface area (Å²) in [6.45, 7) is 7.14. The van der Waals surface area contributed by atoms with Crippen LogP contribution in [0, 0.1) is 18.8 Å². The summed E-state index contributed by atoms with van der Waals surface area (Å²) in [5, 5.41) is 10.2. The van der Waals surface area contributed by atoms with Crippen LogP contribution in [0.3, 0.4) is 0 Å². The van der Waals surface area contributed by atoms with E-state index in [1.54, 1.807) is 20.8 Å². The molecule has 10 heteroatoms. The number of hydrogen-bond acceptors (Lipinski definition) is 6. The summed E-state index contributed by atoms with van der Waals surface area (Å²) in [7, 11) is 0. The Morgan fingerprint density at radius 1 is 0.977 bits per heavy atom. The van der Waals surface area contributed by atoms with Gasteiger partial charge in [-0.1, -0.05) is 48.0 Å². The van der Waals surface area contributed by atoms with Crippen LogP contribution in [0.15, 0.2) is 66.8 Å². The number of anilines is 2. The number of aryl methyl sites for hydroxylation is 1. The van der Waals surface area contributed by atoms with Crippen LogP contribution in [0.1, 0.15) is 25.8 Å². The number of carbonyl (C=O) groups excluding carboxylic acids is 3. The molecule has 6 rings (SSSR count). The first-order valence-corrected chi connectivity index (χ1v) is 15.9. The van der Waals surface area contributed by atoms with Gasteiger partial charge in [-0.3, -0.25) is 14.4 Å². The molecule has 4 heterocycles. The number of halogens is 1. The number of ether oxygens (including phenoxy) is 1. The van der Waals surface area contributed by atoms with Crippen molar-refractivity contribution in [2.45, 2.75) is 42.7 Å². The van der Waals surface area contributed by atoms with Gasteiger partial charge in [0.25, 0.3) is 5.91 Å². The predicted molar refractivity (Wildman–Crippen MR) is 170 cm³/mol. The SMILES string of the molecule is CCOc1ccc(N2CC=C[C@]3(C)S[C@]45C=CCN(c6c(C)cccc6Cl)C(=O)C4N(CCCO)C(=O)[C@@H]5[C@@H]3C2=O)cc1. The largest absolute Gasteiger partial charge is 0.494 e. The van der Waals surface area contributed by atoms with Crippen molar-refractivity contribution in [2.75, 3.05) is 42.6 Å². The number of hydrogen-bond donors (Lipinski definition) is 1. The summed E-state index contributed by atoms with van der Waals surface area (Å²) in [5.74, 6) is -1.36. The topological polar surface area (TPSA) is 90.4 Å². The number of fused-ring (bicyclic) bond motifs is 2. The van der Waals surface area contributed by atoms with Gasteiger partial charge in [-0.15, -0.1) is 11.8 Å². The molecule has 4 aliphatic heterocycles. The third-order valence-electron chi connectivity index (χ3n) is 9.03. The molecule has 1 N–H and O–H groups in total. The first kappa shape index (κ1) is 29.8. The Balaban J connectivity index is 1.44. The smallest absolute Gasteiger partial charge is 0.251 e. The molecule has 5 atom stereocenters. The number of aliphatic hydroxyl groups is 1. The Morgan fingerprint density at radius 2 is 1.70 bits per heavy atom. The summed E-state index contributed by atoms with van der Waals surface area (Å²) < 4.78 is 3.89. The summed E-state index contributed by atoms with van der Waals surface area (Å²) in [6, 6.07) is 12.1. The predicted octanol–water partition coefficient (Wildman–Crippen LogP) is 4.62. The van der Waals surface area contributed by atoms with E-state index in [9.17, 15) is 19.5 Å². The second-order valence-electron chi connectivity index (χ2n) is 11.6. The molecule has 2 aromatic carbocycles. The molecule has 1 unspecified atom stereocenters. The molecule has 1 spiro atoms. The van der Waals surface area contributed by atoms with Gasteiger partial charge in [0.1, 0.15) is 11.8 Å². The Morgan fingerprint density at radius 3 is 2.40 bits per heavy atom. The second-order valence-corrected chi connectivity index (χ2v) is 13.8. The molecular formula is C33H36ClN3O5S. The lowest BCUT2D eigenvalue weighted by Crippen LogP contribution is -2.53. The molecule has 2 fully saturated rings. The molecule has 0 aromatic heterocycles. The fraction of sp³-hybridized carbons (Fsp3) is 0.424. The van der Waals surface area contributed by atoms with Crippen molar-refractivity contribution in [3.63, 3.8) is 0 Å². The summed E-state index contributed by atoms with van der Waals surface area (Å²) in [6.07, 6.45) is 8.30. The van der Waals surface area contributed by atoms with E-state index < -0.39 is 27.4 Å². The molecule has 2 aromatic rings. The van der Waals surface area contributed by atoms with Crippen molar-refractivity contribution in [1.82, 2.24) is 4.90 Å². The van der Waals surface area contributed by atoms with Gasteiger partial charge in [0.15, 0.2) is 0 Å². The maximum absolute atomic E-state index is 14.7. The van der Waals surface area contributed by atoms with Gasteiger partial charge in [-0.2, -0.15) is 0 Å². The molecule has 43 heavy (non-hydrogen) atoms. The minimum atomic E-state index is -0.977. The Labute approximate surface area is 261 Å². The van der Waals surface area contributed by atoms with E-state index in [1.165, 1.54) is 11.8 Å². The molecule has 0 saturated carbocycles. The standard InChI is InChI=1S/C33H36ClN3O5S/c1-4-42-23-13-11-22(12-14-23)35-17-6-15-32(3)25(29(35)39)26-30(40)37(19-8-20-38)28-31(41)36(18-7-16-33(26,28)43-32)27-21(2)9-5-10-24(27)34/h5-7,9-16,25-26,28,38H,4,8,17-20H2,1-3H3/t25-,26+,28?,32+,33+/m1/s1. The molecule has 8 nitrogen and oxygen atoms in total. The van der Waals surface area contributed by atoms with E-state index in [1.807, 2.05) is 81.5 Å². The van der Waals surface area contributed by atoms with E-state index in [-0.39, 0.29) is 30.9 Å². The number of benzene rings is 2. The van der Waals surface area contributed by atoms with Gasteiger partial charge in [-0.05, 0) is 63.1 Å². The van der Waals surface area contributed by atoms with Crippen molar-refractivity contribution in [3.05, 3.63) is 77.4 Å². The fourth-order valence-corrected chi connectivity index (χ4v) is 9.77. The average molecular weight is 622 g/mol. The molecular weight excluding hydrogens is 586 g/mol. The Kier molecular flexibility index (Phi) is 7.85. The maximum atomic E-state index is 14.7. The van der Waals surface area contributed by atoms with E-state index in [0.717, 1.165) is 17.0 Å². The number of para-hydroxylation sites is 1. The third-order valence-corrected chi connectivity index (χ3v) is 11.1. The van der Waals surface area contributed by atoms with Crippen LogP contribution < -0.4 is 14.5 Å². The fourth-order valence-electron chi connectivity index (χ4n) is 7.29. The van der Waals surface area contributed by atoms with Crippen molar-refractivity contribution in [3.8, 4) is 5.75 Å². The van der Waals surface area contributed by atoms with Crippen LogP contribution in [-0.2, 0) is 14.4 Å². The number of rotatable bonds is 7. The van der Waals surface area contributed by atoms with Gasteiger partial charge in [0, 0.05) is 36.7 Å². The minimum absolute atomic E-state index is 0.118. The zero-order chi connectivity index (χ0) is 30.5. The molecule has 0 aliphatic carbocycles. The maximum Gasteiger partial charge on any atom is 0.251 e. The van der Waals surface area contributed by atoms with Crippen LogP contribution in [0.4, 0.5) is 11.4 Å². The van der Waals surface area contributed by atoms with Crippen molar-refractivity contribution >= 4 is 52.5 Å². The lowest BCUT2D eigenvalue weighted by atomic mass is 9.74. The highest BCUT2D eigenvalue weighted by Crippen LogP contribution is 2.65. The van der Waals surface area contributed by atoms with Crippen molar-refractivity contribution in [1.29, 1.82) is 0 Å². The lowest BCUT2D eigenvalue weighted by Gasteiger charge is -2.37. The van der Waals surface area contributed by atoms with Gasteiger partial charge in [-0.25, -0.2) is 0 Å². The highest BCUT2D eigenvalue weighted by atomic mass is 35.5. The Hall–Kier alpha value is -3.27. The molecule has 4 aliphatic rings. The molecule has 0 radical (unpaired) electrons. The zero-order valence-corrected chi connectivity index (χ0v) is 26.1. The number of aliphatic hydroxyl groups excluding tert-OH is 1. The van der Waals surface area contributed by atoms with Crippen LogP contribution in [0.5, 0.6) is 5.75 Å². The van der Waals surface area contributed by atoms with E-state index in [2.05, 4.69) is 0 Å². The molecule has 3 amide bonds. The lowest BCUT2D eigenvalue weighted by molar-refractivity contribution is -0.139. The van der Waals surface area contributed by atoms with Crippen LogP contribution in [-0.4, -0.2) is 76.1 Å². The zero-order valence-electron chi connectivity index (χ0n) is 24.5. The highest BCUT2D eigenvalue weighted by molar-refractivity contribution is 8.02. The van der Waals surface area contributed by atoms with E-state index >= 15 is 0 Å². The number of nitrogens with zero attached hydrogens (tertiary/aromatic N) is 3. The summed E-state index contributed by atoms with van der Waals surface area (Å²) in [4.78, 5) is 48.7. The van der Waals surface area contributed by atoms with E-state index in [0.29, 0.717) is 36.8 Å². The number of carbonyl (C=O) groups is 3. The number of thioether (sulfide) groups is 1. The summed E-state index contributed by atoms with van der Waals surface area (Å²) in [5.41, 5.74) is 2.20. The molecule has 2 saturated heterocycles. The monoisotopic (exact) mass is 621 g/mol. The quantitative estimate of drug-likeness (QED) is 0.454. The first-order valence-electron chi connectivity index (χ1n) is 14.7. The van der Waals surface area contributed by atoms with Gasteiger partial charge < -0.3 is 24.5 Å². The van der Waals surface area contributed by atoms with Gasteiger partial charge >= 0.3 is 0 Å². The summed E-state index contributed by atoms with van der Waals surface area (Å²) >= 11 is 8.18. The molecule has 226 valence electrons. The minimum Gasteiger partial charge on any atom is -0.494 e. The van der Waals surface area contributed by atoms with Crippen LogP contribution in [0.2, 0.25) is 5.02 Å².